The Kier molecular flexibility index (Phi) is 3.85. The molecule has 1 aliphatic rings. The van der Waals surface area contributed by atoms with Crippen molar-refractivity contribution in [3.05, 3.63) is 23.0 Å². The molecule has 0 radical (unpaired) electrons. The highest BCUT2D eigenvalue weighted by Crippen LogP contribution is 2.30. The largest absolute Gasteiger partial charge is 0.480 e. The number of aryl methyl sites for hydroxylation is 1. The number of aromatic nitrogens is 1. The van der Waals surface area contributed by atoms with E-state index in [0.717, 1.165) is 12.8 Å². The van der Waals surface area contributed by atoms with E-state index >= 15 is 0 Å². The molecule has 0 spiro atoms. The smallest absolute Gasteiger partial charge is 0.329 e. The first-order valence-corrected chi connectivity index (χ1v) is 6.78. The van der Waals surface area contributed by atoms with Gasteiger partial charge in [0.25, 0.3) is 5.91 Å². The average molecular weight is 285 g/mol. The summed E-state index contributed by atoms with van der Waals surface area (Å²) < 4.78 is 1.71. The lowest BCUT2D eigenvalue weighted by Gasteiger charge is -2.25. The van der Waals surface area contributed by atoms with Crippen molar-refractivity contribution in [2.45, 2.75) is 44.7 Å². The molecule has 0 unspecified atom stereocenters. The lowest BCUT2D eigenvalue weighted by atomic mass is 9.97. The van der Waals surface area contributed by atoms with Crippen LogP contribution in [0.25, 0.3) is 0 Å². The van der Waals surface area contributed by atoms with Gasteiger partial charge in [0.1, 0.15) is 11.2 Å². The summed E-state index contributed by atoms with van der Waals surface area (Å²) in [5.74, 6) is -1.34. The van der Waals surface area contributed by atoms with Crippen molar-refractivity contribution in [3.63, 3.8) is 0 Å². The maximum atomic E-state index is 12.2. The molecular formula is C13H17ClN2O3. The van der Waals surface area contributed by atoms with Gasteiger partial charge >= 0.3 is 5.97 Å². The van der Waals surface area contributed by atoms with Gasteiger partial charge < -0.3 is 15.0 Å². The van der Waals surface area contributed by atoms with Crippen molar-refractivity contribution in [2.75, 3.05) is 0 Å². The molecule has 1 fully saturated rings. The van der Waals surface area contributed by atoms with Crippen LogP contribution in [0.4, 0.5) is 0 Å². The van der Waals surface area contributed by atoms with Gasteiger partial charge in [-0.05, 0) is 25.8 Å². The fourth-order valence-corrected chi connectivity index (χ4v) is 2.80. The number of nitrogens with zero attached hydrogens (tertiary/aromatic N) is 1. The Balaban J connectivity index is 2.22. The maximum Gasteiger partial charge on any atom is 0.329 e. The zero-order valence-electron chi connectivity index (χ0n) is 10.8. The number of hydrogen-bond donors (Lipinski definition) is 2. The minimum atomic E-state index is -1.12. The van der Waals surface area contributed by atoms with Crippen LogP contribution < -0.4 is 5.32 Å². The van der Waals surface area contributed by atoms with Gasteiger partial charge in [-0.15, -0.1) is 0 Å². The van der Waals surface area contributed by atoms with Crippen LogP contribution in [0.15, 0.2) is 12.3 Å². The first-order chi connectivity index (χ1) is 8.98. The number of carboxylic acid groups (broad SMARTS) is 1. The number of rotatable bonds is 4. The van der Waals surface area contributed by atoms with Crippen LogP contribution in [0.5, 0.6) is 0 Å². The van der Waals surface area contributed by atoms with Gasteiger partial charge in [0.15, 0.2) is 0 Å². The summed E-state index contributed by atoms with van der Waals surface area (Å²) in [5, 5.41) is 12.5. The average Bonchev–Trinajstić information content (AvgIpc) is 2.96. The van der Waals surface area contributed by atoms with E-state index in [9.17, 15) is 14.7 Å². The predicted octanol–water partition coefficient (Wildman–Crippen LogP) is 2.29. The first-order valence-electron chi connectivity index (χ1n) is 6.40. The Labute approximate surface area is 116 Å². The van der Waals surface area contributed by atoms with Crippen molar-refractivity contribution in [1.82, 2.24) is 9.88 Å². The zero-order valence-corrected chi connectivity index (χ0v) is 11.5. The Hall–Kier alpha value is -1.49. The molecule has 1 aliphatic carbocycles. The quantitative estimate of drug-likeness (QED) is 0.891. The molecule has 1 aromatic rings. The van der Waals surface area contributed by atoms with Crippen molar-refractivity contribution in [1.29, 1.82) is 0 Å². The Morgan fingerprint density at radius 2 is 2.11 bits per heavy atom. The second-order valence-corrected chi connectivity index (χ2v) is 5.31. The lowest BCUT2D eigenvalue weighted by molar-refractivity contribution is -0.144. The lowest BCUT2D eigenvalue weighted by Crippen LogP contribution is -2.52. The van der Waals surface area contributed by atoms with Gasteiger partial charge in [0.05, 0.1) is 5.02 Å². The molecule has 0 bridgehead atoms. The van der Waals surface area contributed by atoms with Crippen LogP contribution >= 0.6 is 11.6 Å². The number of carboxylic acids is 1. The fraction of sp³-hybridized carbons (Fsp3) is 0.538. The minimum Gasteiger partial charge on any atom is -0.480 e. The molecule has 2 rings (SSSR count). The van der Waals surface area contributed by atoms with E-state index in [2.05, 4.69) is 5.32 Å². The molecule has 1 saturated carbocycles. The van der Waals surface area contributed by atoms with Gasteiger partial charge in [-0.2, -0.15) is 0 Å². The standard InChI is InChI=1S/C13H17ClN2O3/c1-2-16-8-9(14)7-10(16)11(17)15-13(12(18)19)5-3-4-6-13/h7-8H,2-6H2,1H3,(H,15,17)(H,18,19). The number of carbonyl (C=O) groups is 2. The first kappa shape index (κ1) is 13.9. The molecule has 1 amide bonds. The summed E-state index contributed by atoms with van der Waals surface area (Å²) >= 11 is 5.89. The second-order valence-electron chi connectivity index (χ2n) is 4.88. The van der Waals surface area contributed by atoms with Crippen LogP contribution in [0.3, 0.4) is 0 Å². The fourth-order valence-electron chi connectivity index (χ4n) is 2.58. The van der Waals surface area contributed by atoms with Crippen molar-refractivity contribution in [3.8, 4) is 0 Å². The molecule has 19 heavy (non-hydrogen) atoms. The molecule has 104 valence electrons. The number of nitrogens with one attached hydrogen (secondary N) is 1. The summed E-state index contributed by atoms with van der Waals surface area (Å²) in [7, 11) is 0. The van der Waals surface area contributed by atoms with E-state index < -0.39 is 11.5 Å². The molecule has 1 aromatic heterocycles. The van der Waals surface area contributed by atoms with E-state index in [0.29, 0.717) is 30.1 Å². The highest BCUT2D eigenvalue weighted by Gasteiger charge is 2.43. The minimum absolute atomic E-state index is 0.377. The van der Waals surface area contributed by atoms with E-state index in [1.165, 1.54) is 0 Å². The monoisotopic (exact) mass is 284 g/mol. The summed E-state index contributed by atoms with van der Waals surface area (Å²) in [6, 6.07) is 1.56. The number of carbonyl (C=O) groups excluding carboxylic acids is 1. The van der Waals surface area contributed by atoms with Crippen molar-refractivity contribution >= 4 is 23.5 Å². The molecule has 6 heteroatoms. The van der Waals surface area contributed by atoms with Gasteiger partial charge in [-0.1, -0.05) is 24.4 Å². The van der Waals surface area contributed by atoms with Gasteiger partial charge in [-0.3, -0.25) is 4.79 Å². The van der Waals surface area contributed by atoms with Gasteiger partial charge in [-0.25, -0.2) is 4.79 Å². The van der Waals surface area contributed by atoms with Gasteiger partial charge in [0, 0.05) is 12.7 Å². The zero-order chi connectivity index (χ0) is 14.0. The third-order valence-corrected chi connectivity index (χ3v) is 3.86. The van der Waals surface area contributed by atoms with Gasteiger partial charge in [0.2, 0.25) is 0 Å². The number of aliphatic carboxylic acids is 1. The molecule has 0 aliphatic heterocycles. The summed E-state index contributed by atoms with van der Waals surface area (Å²) in [6.45, 7) is 2.51. The highest BCUT2D eigenvalue weighted by molar-refractivity contribution is 6.31. The van der Waals surface area contributed by atoms with Crippen LogP contribution in [0, 0.1) is 0 Å². The highest BCUT2D eigenvalue weighted by atomic mass is 35.5. The topological polar surface area (TPSA) is 71.3 Å². The Bertz CT molecular complexity index is 504. The third kappa shape index (κ3) is 2.61. The predicted molar refractivity (Wildman–Crippen MR) is 71.4 cm³/mol. The van der Waals surface area contributed by atoms with Crippen molar-refractivity contribution in [2.24, 2.45) is 0 Å². The molecular weight excluding hydrogens is 268 g/mol. The van der Waals surface area contributed by atoms with Crippen LogP contribution in [0.2, 0.25) is 5.02 Å². The Morgan fingerprint density at radius 1 is 1.47 bits per heavy atom. The summed E-state index contributed by atoms with van der Waals surface area (Å²) in [4.78, 5) is 23.7. The number of halogens is 1. The van der Waals surface area contributed by atoms with Crippen molar-refractivity contribution < 1.29 is 14.7 Å². The molecule has 5 nitrogen and oxygen atoms in total. The summed E-state index contributed by atoms with van der Waals surface area (Å²) in [6.07, 6.45) is 4.27. The summed E-state index contributed by atoms with van der Waals surface area (Å²) in [5.41, 5.74) is -0.716. The van der Waals surface area contributed by atoms with E-state index in [1.807, 2.05) is 6.92 Å². The molecule has 0 atom stereocenters. The number of amides is 1. The van der Waals surface area contributed by atoms with Crippen LogP contribution in [-0.4, -0.2) is 27.1 Å². The second kappa shape index (κ2) is 5.25. The molecule has 1 heterocycles. The maximum absolute atomic E-state index is 12.2. The Morgan fingerprint density at radius 3 is 2.63 bits per heavy atom. The van der Waals surface area contributed by atoms with Crippen LogP contribution in [0.1, 0.15) is 43.1 Å². The van der Waals surface area contributed by atoms with E-state index in [-0.39, 0.29) is 5.91 Å². The SMILES string of the molecule is CCn1cc(Cl)cc1C(=O)NC1(C(=O)O)CCCC1. The van der Waals surface area contributed by atoms with E-state index in [1.54, 1.807) is 16.8 Å². The van der Waals surface area contributed by atoms with E-state index in [4.69, 9.17) is 11.6 Å². The molecule has 0 saturated heterocycles. The molecule has 2 N–H and O–H groups in total. The van der Waals surface area contributed by atoms with Crippen LogP contribution in [-0.2, 0) is 11.3 Å². The number of hydrogen-bond acceptors (Lipinski definition) is 2. The molecule has 0 aromatic carbocycles. The normalized spacial score (nSPS) is 17.4. The third-order valence-electron chi connectivity index (χ3n) is 3.66.